The van der Waals surface area contributed by atoms with Crippen molar-refractivity contribution in [2.75, 3.05) is 51.3 Å². The minimum absolute atomic E-state index is 0.122. The number of ether oxygens (including phenoxy) is 1. The molecule has 2 aliphatic heterocycles. The van der Waals surface area contributed by atoms with E-state index in [0.29, 0.717) is 26.3 Å². The molecule has 7 heteroatoms. The normalized spacial score (nSPS) is 19.4. The SMILES string of the molecule is CN(C(=O)N1CCOCC1)C1CCN(c2nccc3occc23)CC1. The quantitative estimate of drug-likeness (QED) is 0.836. The largest absolute Gasteiger partial charge is 0.464 e. The molecule has 0 atom stereocenters. The van der Waals surface area contributed by atoms with E-state index in [1.165, 1.54) is 0 Å². The second-order valence-corrected chi connectivity index (χ2v) is 6.68. The molecule has 0 bridgehead atoms. The van der Waals surface area contributed by atoms with Crippen LogP contribution in [0.3, 0.4) is 0 Å². The Labute approximate surface area is 147 Å². The van der Waals surface area contributed by atoms with E-state index in [-0.39, 0.29) is 12.1 Å². The highest BCUT2D eigenvalue weighted by atomic mass is 16.5. The summed E-state index contributed by atoms with van der Waals surface area (Å²) in [5.74, 6) is 0.979. The summed E-state index contributed by atoms with van der Waals surface area (Å²) in [6.07, 6.45) is 5.39. The summed E-state index contributed by atoms with van der Waals surface area (Å²) in [6, 6.07) is 4.25. The highest BCUT2D eigenvalue weighted by Crippen LogP contribution is 2.28. The molecule has 0 aliphatic carbocycles. The number of piperidine rings is 1. The lowest BCUT2D eigenvalue weighted by atomic mass is 10.0. The van der Waals surface area contributed by atoms with Crippen molar-refractivity contribution in [1.82, 2.24) is 14.8 Å². The number of carbonyl (C=O) groups excluding carboxylic acids is 1. The van der Waals surface area contributed by atoms with Crippen LogP contribution in [0.5, 0.6) is 0 Å². The fraction of sp³-hybridized carbons (Fsp3) is 0.556. The van der Waals surface area contributed by atoms with Crippen LogP contribution in [0.4, 0.5) is 10.6 Å². The standard InChI is InChI=1S/C18H24N4O3/c1-20(18(23)22-9-12-24-13-10-22)14-3-7-21(8-4-14)17-15-5-11-25-16(15)2-6-19-17/h2,5-6,11,14H,3-4,7-10,12-13H2,1H3. The van der Waals surface area contributed by atoms with Crippen LogP contribution in [0, 0.1) is 0 Å². The molecule has 2 saturated heterocycles. The Balaban J connectivity index is 1.39. The Morgan fingerprint density at radius 2 is 1.96 bits per heavy atom. The van der Waals surface area contributed by atoms with Crippen molar-refractivity contribution in [3.8, 4) is 0 Å². The third kappa shape index (κ3) is 3.16. The van der Waals surface area contributed by atoms with Crippen molar-refractivity contribution >= 4 is 22.8 Å². The minimum atomic E-state index is 0.122. The van der Waals surface area contributed by atoms with Crippen molar-refractivity contribution in [2.24, 2.45) is 0 Å². The molecule has 134 valence electrons. The van der Waals surface area contributed by atoms with Crippen LogP contribution in [0.15, 0.2) is 29.0 Å². The second kappa shape index (κ2) is 6.92. The van der Waals surface area contributed by atoms with Gasteiger partial charge in [-0.3, -0.25) is 0 Å². The fourth-order valence-electron chi connectivity index (χ4n) is 3.73. The minimum Gasteiger partial charge on any atom is -0.464 e. The van der Waals surface area contributed by atoms with Gasteiger partial charge in [0.15, 0.2) is 0 Å². The van der Waals surface area contributed by atoms with Crippen molar-refractivity contribution in [2.45, 2.75) is 18.9 Å². The van der Waals surface area contributed by atoms with Crippen LogP contribution in [-0.2, 0) is 4.74 Å². The van der Waals surface area contributed by atoms with Gasteiger partial charge in [-0.1, -0.05) is 0 Å². The summed E-state index contributed by atoms with van der Waals surface area (Å²) < 4.78 is 10.8. The molecule has 0 saturated carbocycles. The average molecular weight is 344 g/mol. The Kier molecular flexibility index (Phi) is 4.48. The molecule has 0 spiro atoms. The zero-order valence-corrected chi connectivity index (χ0v) is 14.6. The molecule has 4 heterocycles. The second-order valence-electron chi connectivity index (χ2n) is 6.68. The summed E-state index contributed by atoms with van der Waals surface area (Å²) in [5.41, 5.74) is 0.867. The number of nitrogens with zero attached hydrogens (tertiary/aromatic N) is 4. The molecule has 0 aromatic carbocycles. The molecular weight excluding hydrogens is 320 g/mol. The first-order valence-corrected chi connectivity index (χ1v) is 8.90. The monoisotopic (exact) mass is 344 g/mol. The lowest BCUT2D eigenvalue weighted by molar-refractivity contribution is 0.0409. The number of anilines is 1. The Bertz CT molecular complexity index is 733. The van der Waals surface area contributed by atoms with Gasteiger partial charge >= 0.3 is 6.03 Å². The molecule has 4 rings (SSSR count). The van der Waals surface area contributed by atoms with Gasteiger partial charge in [0.1, 0.15) is 11.4 Å². The summed E-state index contributed by atoms with van der Waals surface area (Å²) >= 11 is 0. The van der Waals surface area contributed by atoms with Crippen LogP contribution < -0.4 is 4.90 Å². The third-order valence-electron chi connectivity index (χ3n) is 5.25. The van der Waals surface area contributed by atoms with E-state index < -0.39 is 0 Å². The molecule has 2 amide bonds. The van der Waals surface area contributed by atoms with E-state index in [4.69, 9.17) is 9.15 Å². The molecule has 2 fully saturated rings. The van der Waals surface area contributed by atoms with Gasteiger partial charge in [-0.05, 0) is 25.0 Å². The molecule has 25 heavy (non-hydrogen) atoms. The number of carbonyl (C=O) groups is 1. The van der Waals surface area contributed by atoms with Gasteiger partial charge in [-0.15, -0.1) is 0 Å². The number of pyridine rings is 1. The summed E-state index contributed by atoms with van der Waals surface area (Å²) in [6.45, 7) is 4.44. The maximum atomic E-state index is 12.6. The molecule has 2 aliphatic rings. The van der Waals surface area contributed by atoms with Gasteiger partial charge in [0.05, 0.1) is 24.9 Å². The van der Waals surface area contributed by atoms with Gasteiger partial charge in [-0.2, -0.15) is 0 Å². The molecule has 0 radical (unpaired) electrons. The number of amides is 2. The van der Waals surface area contributed by atoms with E-state index in [2.05, 4.69) is 9.88 Å². The van der Waals surface area contributed by atoms with Gasteiger partial charge in [0, 0.05) is 45.5 Å². The van der Waals surface area contributed by atoms with Gasteiger partial charge < -0.3 is 23.9 Å². The van der Waals surface area contributed by atoms with E-state index in [0.717, 1.165) is 42.7 Å². The smallest absolute Gasteiger partial charge is 0.320 e. The predicted molar refractivity (Wildman–Crippen MR) is 94.8 cm³/mol. The fourth-order valence-corrected chi connectivity index (χ4v) is 3.73. The number of hydrogen-bond donors (Lipinski definition) is 0. The van der Waals surface area contributed by atoms with Crippen molar-refractivity contribution in [1.29, 1.82) is 0 Å². The van der Waals surface area contributed by atoms with Crippen LogP contribution in [0.2, 0.25) is 0 Å². The van der Waals surface area contributed by atoms with E-state index in [1.807, 2.05) is 29.0 Å². The first-order chi connectivity index (χ1) is 12.2. The number of morpholine rings is 1. The van der Waals surface area contributed by atoms with E-state index in [9.17, 15) is 4.79 Å². The topological polar surface area (TPSA) is 62.1 Å². The highest BCUT2D eigenvalue weighted by Gasteiger charge is 2.29. The maximum Gasteiger partial charge on any atom is 0.320 e. The first kappa shape index (κ1) is 16.2. The zero-order chi connectivity index (χ0) is 17.2. The van der Waals surface area contributed by atoms with E-state index >= 15 is 0 Å². The van der Waals surface area contributed by atoms with Crippen LogP contribution in [-0.4, -0.2) is 73.3 Å². The van der Waals surface area contributed by atoms with Gasteiger partial charge in [-0.25, -0.2) is 9.78 Å². The highest BCUT2D eigenvalue weighted by molar-refractivity contribution is 5.88. The summed E-state index contributed by atoms with van der Waals surface area (Å²) in [7, 11) is 1.92. The average Bonchev–Trinajstić information content (AvgIpc) is 3.16. The third-order valence-corrected chi connectivity index (χ3v) is 5.25. The number of hydrogen-bond acceptors (Lipinski definition) is 5. The molecule has 0 unspecified atom stereocenters. The number of aromatic nitrogens is 1. The predicted octanol–water partition coefficient (Wildman–Crippen LogP) is 2.18. The number of fused-ring (bicyclic) bond motifs is 1. The molecular formula is C18H24N4O3. The lowest BCUT2D eigenvalue weighted by Crippen LogP contribution is -2.52. The number of urea groups is 1. The van der Waals surface area contributed by atoms with Crippen LogP contribution >= 0.6 is 0 Å². The van der Waals surface area contributed by atoms with Crippen molar-refractivity contribution in [3.05, 3.63) is 24.6 Å². The van der Waals surface area contributed by atoms with Gasteiger partial charge in [0.25, 0.3) is 0 Å². The molecule has 2 aromatic rings. The number of furan rings is 1. The zero-order valence-electron chi connectivity index (χ0n) is 14.6. The first-order valence-electron chi connectivity index (χ1n) is 8.90. The van der Waals surface area contributed by atoms with Crippen LogP contribution in [0.1, 0.15) is 12.8 Å². The Hall–Kier alpha value is -2.28. The Morgan fingerprint density at radius 1 is 1.20 bits per heavy atom. The van der Waals surface area contributed by atoms with E-state index in [1.54, 1.807) is 12.5 Å². The van der Waals surface area contributed by atoms with Crippen LogP contribution in [0.25, 0.3) is 11.0 Å². The summed E-state index contributed by atoms with van der Waals surface area (Å²) in [4.78, 5) is 23.3. The Morgan fingerprint density at radius 3 is 2.72 bits per heavy atom. The lowest BCUT2D eigenvalue weighted by Gasteiger charge is -2.40. The molecule has 2 aromatic heterocycles. The maximum absolute atomic E-state index is 12.6. The van der Waals surface area contributed by atoms with Gasteiger partial charge in [0.2, 0.25) is 0 Å². The van der Waals surface area contributed by atoms with Crippen molar-refractivity contribution in [3.63, 3.8) is 0 Å². The number of rotatable bonds is 2. The molecule has 7 nitrogen and oxygen atoms in total. The van der Waals surface area contributed by atoms with Crippen molar-refractivity contribution < 1.29 is 13.9 Å². The summed E-state index contributed by atoms with van der Waals surface area (Å²) in [5, 5.41) is 1.05. The molecule has 0 N–H and O–H groups in total.